The van der Waals surface area contributed by atoms with Gasteiger partial charge in [0.15, 0.2) is 0 Å². The van der Waals surface area contributed by atoms with E-state index in [0.717, 1.165) is 19.4 Å². The first-order valence-corrected chi connectivity index (χ1v) is 6.96. The number of amides is 2. The molecule has 1 N–H and O–H groups in total. The van der Waals surface area contributed by atoms with Gasteiger partial charge in [0.05, 0.1) is 14.2 Å². The molecule has 0 bridgehead atoms. The molecule has 110 valence electrons. The zero-order valence-corrected chi connectivity index (χ0v) is 12.3. The molecule has 2 rings (SSSR count). The maximum Gasteiger partial charge on any atom is 0.322 e. The molecule has 5 nitrogen and oxygen atoms in total. The lowest BCUT2D eigenvalue weighted by molar-refractivity contribution is 0.170. The van der Waals surface area contributed by atoms with Gasteiger partial charge in [-0.05, 0) is 38.3 Å². The van der Waals surface area contributed by atoms with Crippen LogP contribution in [0.4, 0.5) is 10.5 Å². The lowest BCUT2D eigenvalue weighted by Crippen LogP contribution is -2.44. The van der Waals surface area contributed by atoms with E-state index in [2.05, 4.69) is 12.2 Å². The SMILES string of the molecule is COc1cccc(OC)c1NC(=O)N1CCCCC1C. The van der Waals surface area contributed by atoms with Crippen molar-refractivity contribution in [3.8, 4) is 11.5 Å². The van der Waals surface area contributed by atoms with E-state index >= 15 is 0 Å². The van der Waals surface area contributed by atoms with Crippen LogP contribution >= 0.6 is 0 Å². The summed E-state index contributed by atoms with van der Waals surface area (Å²) < 4.78 is 10.6. The van der Waals surface area contributed by atoms with E-state index in [-0.39, 0.29) is 12.1 Å². The second-order valence-corrected chi connectivity index (χ2v) is 5.01. The Hall–Kier alpha value is -1.91. The van der Waals surface area contributed by atoms with E-state index in [0.29, 0.717) is 17.2 Å². The lowest BCUT2D eigenvalue weighted by Gasteiger charge is -2.33. The van der Waals surface area contributed by atoms with Crippen molar-refractivity contribution >= 4 is 11.7 Å². The topological polar surface area (TPSA) is 50.8 Å². The molecule has 1 atom stereocenters. The first-order valence-electron chi connectivity index (χ1n) is 6.96. The van der Waals surface area contributed by atoms with Gasteiger partial charge in [-0.1, -0.05) is 6.07 Å². The number of piperidine rings is 1. The molecule has 1 aromatic rings. The fourth-order valence-corrected chi connectivity index (χ4v) is 2.55. The van der Waals surface area contributed by atoms with Crippen LogP contribution in [0.5, 0.6) is 11.5 Å². The normalized spacial score (nSPS) is 18.6. The molecular formula is C15H22N2O3. The van der Waals surface area contributed by atoms with Gasteiger partial charge < -0.3 is 19.7 Å². The number of likely N-dealkylation sites (tertiary alicyclic amines) is 1. The second-order valence-electron chi connectivity index (χ2n) is 5.01. The zero-order chi connectivity index (χ0) is 14.5. The predicted molar refractivity (Wildman–Crippen MR) is 78.6 cm³/mol. The molecule has 20 heavy (non-hydrogen) atoms. The van der Waals surface area contributed by atoms with Gasteiger partial charge in [-0.3, -0.25) is 0 Å². The number of anilines is 1. The van der Waals surface area contributed by atoms with Crippen LogP contribution in [0.1, 0.15) is 26.2 Å². The quantitative estimate of drug-likeness (QED) is 0.924. The summed E-state index contributed by atoms with van der Waals surface area (Å²) in [5.74, 6) is 1.20. The summed E-state index contributed by atoms with van der Waals surface area (Å²) in [5, 5.41) is 2.92. The van der Waals surface area contributed by atoms with Crippen molar-refractivity contribution in [1.82, 2.24) is 4.90 Å². The Morgan fingerprint density at radius 3 is 2.45 bits per heavy atom. The molecule has 2 amide bonds. The van der Waals surface area contributed by atoms with E-state index in [1.54, 1.807) is 26.4 Å². The fraction of sp³-hybridized carbons (Fsp3) is 0.533. The number of urea groups is 1. The first-order chi connectivity index (χ1) is 9.67. The van der Waals surface area contributed by atoms with E-state index in [4.69, 9.17) is 9.47 Å². The van der Waals surface area contributed by atoms with E-state index in [9.17, 15) is 4.79 Å². The minimum absolute atomic E-state index is 0.0972. The Labute approximate surface area is 119 Å². The van der Waals surface area contributed by atoms with E-state index < -0.39 is 0 Å². The fourth-order valence-electron chi connectivity index (χ4n) is 2.55. The number of hydrogen-bond donors (Lipinski definition) is 1. The summed E-state index contributed by atoms with van der Waals surface area (Å²) in [6.07, 6.45) is 3.29. The van der Waals surface area contributed by atoms with E-state index in [1.165, 1.54) is 6.42 Å². The molecule has 0 saturated carbocycles. The van der Waals surface area contributed by atoms with Gasteiger partial charge >= 0.3 is 6.03 Å². The van der Waals surface area contributed by atoms with Crippen molar-refractivity contribution in [3.05, 3.63) is 18.2 Å². The molecule has 1 aliphatic heterocycles. The standard InChI is InChI=1S/C15H22N2O3/c1-11-7-4-5-10-17(11)15(18)16-14-12(19-2)8-6-9-13(14)20-3/h6,8-9,11H,4-5,7,10H2,1-3H3,(H,16,18). The maximum atomic E-state index is 12.4. The molecule has 0 aliphatic carbocycles. The number of carbonyl (C=O) groups excluding carboxylic acids is 1. The molecule has 0 spiro atoms. The minimum atomic E-state index is -0.0972. The van der Waals surface area contributed by atoms with Crippen LogP contribution in [0.25, 0.3) is 0 Å². The summed E-state index contributed by atoms with van der Waals surface area (Å²) in [6, 6.07) is 5.61. The third-order valence-electron chi connectivity index (χ3n) is 3.72. The van der Waals surface area contributed by atoms with Gasteiger partial charge in [-0.2, -0.15) is 0 Å². The summed E-state index contributed by atoms with van der Waals surface area (Å²) in [5.41, 5.74) is 0.584. The smallest absolute Gasteiger partial charge is 0.322 e. The van der Waals surface area contributed by atoms with Crippen LogP contribution in [0.15, 0.2) is 18.2 Å². The van der Waals surface area contributed by atoms with Crippen LogP contribution in [-0.2, 0) is 0 Å². The first kappa shape index (κ1) is 14.5. The van der Waals surface area contributed by atoms with Gasteiger partial charge in [0.2, 0.25) is 0 Å². The van der Waals surface area contributed by atoms with Crippen LogP contribution in [-0.4, -0.2) is 37.7 Å². The van der Waals surface area contributed by atoms with Crippen LogP contribution in [0.3, 0.4) is 0 Å². The summed E-state index contributed by atoms with van der Waals surface area (Å²) >= 11 is 0. The number of nitrogens with one attached hydrogen (secondary N) is 1. The van der Waals surface area contributed by atoms with Crippen molar-refractivity contribution in [1.29, 1.82) is 0 Å². The minimum Gasteiger partial charge on any atom is -0.494 e. The number of rotatable bonds is 3. The molecular weight excluding hydrogens is 256 g/mol. The van der Waals surface area contributed by atoms with Gasteiger partial charge in [-0.25, -0.2) is 4.79 Å². The third kappa shape index (κ3) is 2.98. The number of ether oxygens (including phenoxy) is 2. The Kier molecular flexibility index (Phi) is 4.71. The highest BCUT2D eigenvalue weighted by molar-refractivity contribution is 5.93. The average molecular weight is 278 g/mol. The zero-order valence-electron chi connectivity index (χ0n) is 12.3. The molecule has 0 radical (unpaired) electrons. The number of methoxy groups -OCH3 is 2. The molecule has 5 heteroatoms. The highest BCUT2D eigenvalue weighted by atomic mass is 16.5. The monoisotopic (exact) mass is 278 g/mol. The number of para-hydroxylation sites is 1. The highest BCUT2D eigenvalue weighted by Gasteiger charge is 2.24. The second kappa shape index (κ2) is 6.50. The Morgan fingerprint density at radius 2 is 1.90 bits per heavy atom. The van der Waals surface area contributed by atoms with Crippen LogP contribution in [0, 0.1) is 0 Å². The van der Waals surface area contributed by atoms with Crippen molar-refractivity contribution in [2.45, 2.75) is 32.2 Å². The van der Waals surface area contributed by atoms with Gasteiger partial charge in [-0.15, -0.1) is 0 Å². The van der Waals surface area contributed by atoms with Crippen LogP contribution < -0.4 is 14.8 Å². The predicted octanol–water partition coefficient (Wildman–Crippen LogP) is 3.11. The maximum absolute atomic E-state index is 12.4. The molecule has 1 unspecified atom stereocenters. The Morgan fingerprint density at radius 1 is 1.25 bits per heavy atom. The molecule has 1 aliphatic rings. The Bertz CT molecular complexity index is 454. The van der Waals surface area contributed by atoms with Crippen molar-refractivity contribution in [3.63, 3.8) is 0 Å². The van der Waals surface area contributed by atoms with Crippen molar-refractivity contribution in [2.75, 3.05) is 26.1 Å². The summed E-state index contributed by atoms with van der Waals surface area (Å²) in [6.45, 7) is 2.88. The van der Waals surface area contributed by atoms with Gasteiger partial charge in [0, 0.05) is 12.6 Å². The average Bonchev–Trinajstić information content (AvgIpc) is 2.47. The van der Waals surface area contributed by atoms with Crippen LogP contribution in [0.2, 0.25) is 0 Å². The molecule has 1 fully saturated rings. The molecule has 1 saturated heterocycles. The van der Waals surface area contributed by atoms with Gasteiger partial charge in [0.1, 0.15) is 17.2 Å². The lowest BCUT2D eigenvalue weighted by atomic mass is 10.0. The molecule has 1 heterocycles. The number of carbonyl (C=O) groups is 1. The number of hydrogen-bond acceptors (Lipinski definition) is 3. The van der Waals surface area contributed by atoms with Crippen molar-refractivity contribution in [2.24, 2.45) is 0 Å². The van der Waals surface area contributed by atoms with Crippen molar-refractivity contribution < 1.29 is 14.3 Å². The summed E-state index contributed by atoms with van der Waals surface area (Å²) in [7, 11) is 3.15. The largest absolute Gasteiger partial charge is 0.494 e. The molecule has 0 aromatic heterocycles. The highest BCUT2D eigenvalue weighted by Crippen LogP contribution is 2.34. The Balaban J connectivity index is 2.18. The third-order valence-corrected chi connectivity index (χ3v) is 3.72. The number of benzene rings is 1. The molecule has 1 aromatic carbocycles. The van der Waals surface area contributed by atoms with Gasteiger partial charge in [0.25, 0.3) is 0 Å². The number of nitrogens with zero attached hydrogens (tertiary/aromatic N) is 1. The van der Waals surface area contributed by atoms with E-state index in [1.807, 2.05) is 11.0 Å². The summed E-state index contributed by atoms with van der Waals surface area (Å²) in [4.78, 5) is 14.3.